The van der Waals surface area contributed by atoms with E-state index < -0.39 is 6.10 Å². The Kier molecular flexibility index (Phi) is 59.2. The number of allylic oxidation sites excluding steroid dienone is 10. The highest BCUT2D eigenvalue weighted by Gasteiger charge is 2.19. The number of rotatable bonds is 58. The van der Waals surface area contributed by atoms with Crippen LogP contribution in [0.4, 0.5) is 0 Å². The van der Waals surface area contributed by atoms with Gasteiger partial charge in [-0.3, -0.25) is 14.4 Å². The quantitative estimate of drug-likeness (QED) is 0.0261. The minimum atomic E-state index is -0.793. The molecule has 0 aliphatic carbocycles. The number of esters is 3. The van der Waals surface area contributed by atoms with Crippen molar-refractivity contribution in [2.45, 2.75) is 335 Å². The van der Waals surface area contributed by atoms with Crippen LogP contribution < -0.4 is 0 Å². The average Bonchev–Trinajstić information content (AvgIpc) is 3.39. The van der Waals surface area contributed by atoms with Crippen LogP contribution in [0.1, 0.15) is 329 Å². The Balaban J connectivity index is 4.16. The van der Waals surface area contributed by atoms with E-state index in [1.54, 1.807) is 0 Å². The van der Waals surface area contributed by atoms with Crippen LogP contribution in [0.15, 0.2) is 60.8 Å². The first kappa shape index (κ1) is 70.1. The van der Waals surface area contributed by atoms with Gasteiger partial charge in [0.05, 0.1) is 0 Å². The van der Waals surface area contributed by atoms with E-state index in [2.05, 4.69) is 81.5 Å². The Morgan fingerprint density at radius 3 is 0.877 bits per heavy atom. The zero-order valence-corrected chi connectivity index (χ0v) is 48.7. The number of unbranched alkanes of at least 4 members (excludes halogenated alkanes) is 37. The molecule has 6 heteroatoms. The van der Waals surface area contributed by atoms with Gasteiger partial charge in [-0.2, -0.15) is 0 Å². The highest BCUT2D eigenvalue weighted by Crippen LogP contribution is 2.17. The number of carbonyl (C=O) groups is 3. The molecular weight excluding hydrogens is 901 g/mol. The van der Waals surface area contributed by atoms with Gasteiger partial charge in [-0.15, -0.1) is 0 Å². The van der Waals surface area contributed by atoms with Crippen LogP contribution in [0.25, 0.3) is 0 Å². The predicted molar refractivity (Wildman–Crippen MR) is 316 cm³/mol. The maximum absolute atomic E-state index is 12.8. The van der Waals surface area contributed by atoms with Gasteiger partial charge in [-0.05, 0) is 83.5 Å². The lowest BCUT2D eigenvalue weighted by molar-refractivity contribution is -0.167. The summed E-state index contributed by atoms with van der Waals surface area (Å²) in [5.41, 5.74) is 0. The molecule has 0 saturated heterocycles. The van der Waals surface area contributed by atoms with Crippen LogP contribution in [0.3, 0.4) is 0 Å². The molecule has 1 atom stereocenters. The molecule has 6 nitrogen and oxygen atoms in total. The highest BCUT2D eigenvalue weighted by atomic mass is 16.6. The monoisotopic (exact) mass is 1020 g/mol. The SMILES string of the molecule is CC/C=C\C/C=C\C/C=C\C/C=C\CCCCC(=O)OC(COC(=O)CCCCCCCCCCCCC)COC(=O)CCCCCCCCCCCCCCCCCCC/C=C\CCCCCCCCCC. The fraction of sp³-hybridized carbons (Fsp3) is 0.806. The van der Waals surface area contributed by atoms with Crippen molar-refractivity contribution >= 4 is 17.9 Å². The van der Waals surface area contributed by atoms with E-state index in [4.69, 9.17) is 14.2 Å². The summed E-state index contributed by atoms with van der Waals surface area (Å²) in [6.45, 7) is 6.52. The van der Waals surface area contributed by atoms with Gasteiger partial charge in [0.2, 0.25) is 0 Å². The smallest absolute Gasteiger partial charge is 0.306 e. The Hall–Kier alpha value is -2.89. The van der Waals surface area contributed by atoms with Gasteiger partial charge in [0.15, 0.2) is 6.10 Å². The molecule has 73 heavy (non-hydrogen) atoms. The Morgan fingerprint density at radius 1 is 0.288 bits per heavy atom. The van der Waals surface area contributed by atoms with Gasteiger partial charge in [-0.1, -0.05) is 287 Å². The summed E-state index contributed by atoms with van der Waals surface area (Å²) in [6, 6.07) is 0. The lowest BCUT2D eigenvalue weighted by Gasteiger charge is -2.18. The zero-order valence-electron chi connectivity index (χ0n) is 48.7. The molecule has 1 unspecified atom stereocenters. The van der Waals surface area contributed by atoms with Gasteiger partial charge in [0.25, 0.3) is 0 Å². The summed E-state index contributed by atoms with van der Waals surface area (Å²) in [6.07, 6.45) is 78.2. The van der Waals surface area contributed by atoms with Crippen LogP contribution in [0, 0.1) is 0 Å². The summed E-state index contributed by atoms with van der Waals surface area (Å²) >= 11 is 0. The lowest BCUT2D eigenvalue weighted by Crippen LogP contribution is -2.30. The molecule has 0 aromatic heterocycles. The summed E-state index contributed by atoms with van der Waals surface area (Å²) in [5, 5.41) is 0. The normalized spacial score (nSPS) is 12.4. The molecule has 0 fully saturated rings. The maximum atomic E-state index is 12.8. The molecule has 0 bridgehead atoms. The minimum Gasteiger partial charge on any atom is -0.462 e. The first-order valence-corrected chi connectivity index (χ1v) is 31.8. The molecule has 0 radical (unpaired) electrons. The summed E-state index contributed by atoms with van der Waals surface area (Å²) in [4.78, 5) is 38.1. The molecule has 0 saturated carbocycles. The number of ether oxygens (including phenoxy) is 3. The molecule has 0 aliphatic heterocycles. The first-order valence-electron chi connectivity index (χ1n) is 31.8. The van der Waals surface area contributed by atoms with E-state index in [-0.39, 0.29) is 37.5 Å². The molecule has 0 aromatic carbocycles. The van der Waals surface area contributed by atoms with E-state index in [1.807, 2.05) is 0 Å². The maximum Gasteiger partial charge on any atom is 0.306 e. The first-order chi connectivity index (χ1) is 36.0. The lowest BCUT2D eigenvalue weighted by atomic mass is 10.0. The van der Waals surface area contributed by atoms with Crippen molar-refractivity contribution in [1.82, 2.24) is 0 Å². The fourth-order valence-electron chi connectivity index (χ4n) is 9.25. The summed E-state index contributed by atoms with van der Waals surface area (Å²) in [7, 11) is 0. The van der Waals surface area contributed by atoms with Gasteiger partial charge in [0, 0.05) is 19.3 Å². The molecule has 0 spiro atoms. The second-order valence-corrected chi connectivity index (χ2v) is 21.3. The van der Waals surface area contributed by atoms with E-state index >= 15 is 0 Å². The fourth-order valence-corrected chi connectivity index (χ4v) is 9.25. The summed E-state index contributed by atoms with van der Waals surface area (Å²) < 4.78 is 16.8. The Morgan fingerprint density at radius 2 is 0.534 bits per heavy atom. The third kappa shape index (κ3) is 59.9. The summed E-state index contributed by atoms with van der Waals surface area (Å²) in [5.74, 6) is -0.915. The molecule has 0 amide bonds. The molecule has 0 N–H and O–H groups in total. The van der Waals surface area contributed by atoms with Crippen molar-refractivity contribution in [3.05, 3.63) is 60.8 Å². The largest absolute Gasteiger partial charge is 0.462 e. The van der Waals surface area contributed by atoms with Crippen LogP contribution in [0.5, 0.6) is 0 Å². The van der Waals surface area contributed by atoms with Crippen molar-refractivity contribution < 1.29 is 28.6 Å². The third-order valence-electron chi connectivity index (χ3n) is 14.0. The zero-order chi connectivity index (χ0) is 52.9. The van der Waals surface area contributed by atoms with Crippen molar-refractivity contribution in [3.8, 4) is 0 Å². The molecule has 424 valence electrons. The molecule has 0 aliphatic rings. The van der Waals surface area contributed by atoms with Crippen molar-refractivity contribution in [2.24, 2.45) is 0 Å². The van der Waals surface area contributed by atoms with Crippen LogP contribution >= 0.6 is 0 Å². The average molecular weight is 1020 g/mol. The second-order valence-electron chi connectivity index (χ2n) is 21.3. The third-order valence-corrected chi connectivity index (χ3v) is 14.0. The van der Waals surface area contributed by atoms with Crippen LogP contribution in [0.2, 0.25) is 0 Å². The van der Waals surface area contributed by atoms with E-state index in [1.165, 1.54) is 205 Å². The molecular formula is C67H120O6. The minimum absolute atomic E-state index is 0.0873. The van der Waals surface area contributed by atoms with Crippen LogP contribution in [-0.4, -0.2) is 37.2 Å². The predicted octanol–water partition coefficient (Wildman–Crippen LogP) is 21.6. The molecule has 0 aromatic rings. The van der Waals surface area contributed by atoms with E-state index in [9.17, 15) is 14.4 Å². The van der Waals surface area contributed by atoms with E-state index in [0.717, 1.165) is 77.0 Å². The van der Waals surface area contributed by atoms with Gasteiger partial charge < -0.3 is 14.2 Å². The van der Waals surface area contributed by atoms with Crippen molar-refractivity contribution in [2.75, 3.05) is 13.2 Å². The second kappa shape index (κ2) is 61.7. The Labute approximate surface area is 453 Å². The Bertz CT molecular complexity index is 1310. The highest BCUT2D eigenvalue weighted by molar-refractivity contribution is 5.71. The number of carbonyl (C=O) groups excluding carboxylic acids is 3. The van der Waals surface area contributed by atoms with Gasteiger partial charge in [-0.25, -0.2) is 0 Å². The number of hydrogen-bond donors (Lipinski definition) is 0. The van der Waals surface area contributed by atoms with Crippen molar-refractivity contribution in [3.63, 3.8) is 0 Å². The van der Waals surface area contributed by atoms with Gasteiger partial charge >= 0.3 is 17.9 Å². The van der Waals surface area contributed by atoms with Gasteiger partial charge in [0.1, 0.15) is 13.2 Å². The molecule has 0 heterocycles. The topological polar surface area (TPSA) is 78.9 Å². The van der Waals surface area contributed by atoms with Crippen LogP contribution in [-0.2, 0) is 28.6 Å². The van der Waals surface area contributed by atoms with Crippen molar-refractivity contribution in [1.29, 1.82) is 0 Å². The number of hydrogen-bond acceptors (Lipinski definition) is 6. The van der Waals surface area contributed by atoms with E-state index in [0.29, 0.717) is 19.3 Å². The molecule has 0 rings (SSSR count). The standard InChI is InChI=1S/C67H120O6/c1-4-7-10-13-16-19-22-24-26-27-28-29-30-31-32-33-34-35-36-37-38-39-41-42-45-48-51-54-57-60-66(69)72-63-64(62-71-65(68)59-56-53-50-47-44-21-18-15-12-9-6-3)73-67(70)61-58-55-52-49-46-43-40-25-23-20-17-14-11-8-5-2/h8,11,17,20,25,27-28,40,46,49,64H,4-7,9-10,12-16,18-19,21-24,26,29-39,41-45,47-48,50-63H2,1-3H3/b11-8-,20-17-,28-27-,40-25-,49-46-.